The van der Waals surface area contributed by atoms with E-state index in [1.54, 1.807) is 36.4 Å². The largest absolute Gasteiger partial charge is 0.507 e. The predicted molar refractivity (Wildman–Crippen MR) is 157 cm³/mol. The summed E-state index contributed by atoms with van der Waals surface area (Å²) < 4.78 is 5.78. The normalized spacial score (nSPS) is 16.5. The highest BCUT2D eigenvalue weighted by molar-refractivity contribution is 8.00. The molecule has 0 spiro atoms. The standard InChI is InChI=1S/C27H18Cl3N3O5S2/c1-38-20-10-14(5-9-19(20)34)22-21(23(35)13-2-6-16(28)7-3-13)24(36)25(37)33(22)26-31-32-27(40-26)39-12-15-4-8-17(29)11-18(15)30/h2-11,22,34-35H,12H2,1H3/b23-21-. The van der Waals surface area contributed by atoms with Crippen molar-refractivity contribution in [1.29, 1.82) is 0 Å². The number of amides is 1. The van der Waals surface area contributed by atoms with Gasteiger partial charge in [0.1, 0.15) is 5.76 Å². The van der Waals surface area contributed by atoms with Gasteiger partial charge in [-0.1, -0.05) is 70.0 Å². The molecule has 2 heterocycles. The number of nitrogens with zero attached hydrogens (tertiary/aromatic N) is 3. The Balaban J connectivity index is 1.56. The molecule has 13 heteroatoms. The molecular formula is C27H18Cl3N3O5S2. The van der Waals surface area contributed by atoms with Gasteiger partial charge in [0.15, 0.2) is 15.8 Å². The summed E-state index contributed by atoms with van der Waals surface area (Å²) in [5.41, 5.74) is 1.39. The fourth-order valence-corrected chi connectivity index (χ4v) is 6.66. The summed E-state index contributed by atoms with van der Waals surface area (Å²) in [5, 5.41) is 31.4. The molecule has 1 fully saturated rings. The second-order valence-electron chi connectivity index (χ2n) is 8.48. The first kappa shape index (κ1) is 28.3. The second-order valence-corrected chi connectivity index (χ2v) is 11.9. The van der Waals surface area contributed by atoms with E-state index in [9.17, 15) is 19.8 Å². The number of thioether (sulfide) groups is 1. The Morgan fingerprint density at radius 3 is 2.45 bits per heavy atom. The van der Waals surface area contributed by atoms with Gasteiger partial charge in [0.2, 0.25) is 5.13 Å². The third kappa shape index (κ3) is 5.50. The third-order valence-electron chi connectivity index (χ3n) is 6.05. The first-order chi connectivity index (χ1) is 19.2. The molecule has 0 bridgehead atoms. The molecule has 1 saturated heterocycles. The number of halogens is 3. The van der Waals surface area contributed by atoms with Crippen LogP contribution in [-0.4, -0.2) is 39.2 Å². The Labute approximate surface area is 251 Å². The van der Waals surface area contributed by atoms with Crippen LogP contribution in [0, 0.1) is 0 Å². The highest BCUT2D eigenvalue weighted by atomic mass is 35.5. The molecule has 204 valence electrons. The van der Waals surface area contributed by atoms with E-state index in [1.165, 1.54) is 42.0 Å². The smallest absolute Gasteiger partial charge is 0.301 e. The van der Waals surface area contributed by atoms with Crippen molar-refractivity contribution in [3.63, 3.8) is 0 Å². The van der Waals surface area contributed by atoms with Crippen molar-refractivity contribution in [2.24, 2.45) is 0 Å². The minimum atomic E-state index is -1.08. The molecule has 5 rings (SSSR count). The Morgan fingerprint density at radius 1 is 1.02 bits per heavy atom. The molecule has 1 amide bonds. The first-order valence-corrected chi connectivity index (χ1v) is 14.5. The number of ether oxygens (including phenoxy) is 1. The number of aromatic hydroxyl groups is 1. The minimum absolute atomic E-state index is 0.128. The fourth-order valence-electron chi connectivity index (χ4n) is 4.11. The zero-order chi connectivity index (χ0) is 28.6. The molecule has 40 heavy (non-hydrogen) atoms. The quantitative estimate of drug-likeness (QED) is 0.0726. The number of phenolic OH excluding ortho intramolecular Hbond substituents is 1. The second kappa shape index (κ2) is 11.7. The van der Waals surface area contributed by atoms with Crippen molar-refractivity contribution in [1.82, 2.24) is 10.2 Å². The van der Waals surface area contributed by atoms with Crippen LogP contribution in [0.15, 0.2) is 70.6 Å². The van der Waals surface area contributed by atoms with E-state index in [1.807, 2.05) is 6.07 Å². The van der Waals surface area contributed by atoms with Gasteiger partial charge >= 0.3 is 5.91 Å². The Hall–Kier alpha value is -3.28. The van der Waals surface area contributed by atoms with Crippen LogP contribution in [0.5, 0.6) is 11.5 Å². The molecule has 1 atom stereocenters. The Morgan fingerprint density at radius 2 is 1.75 bits per heavy atom. The summed E-state index contributed by atoms with van der Waals surface area (Å²) in [6.07, 6.45) is 0. The molecule has 8 nitrogen and oxygen atoms in total. The van der Waals surface area contributed by atoms with Gasteiger partial charge in [0.25, 0.3) is 5.78 Å². The lowest BCUT2D eigenvalue weighted by atomic mass is 9.95. The number of ketones is 1. The summed E-state index contributed by atoms with van der Waals surface area (Å²) >= 11 is 20.7. The van der Waals surface area contributed by atoms with E-state index in [4.69, 9.17) is 39.5 Å². The zero-order valence-corrected chi connectivity index (χ0v) is 24.4. The maximum atomic E-state index is 13.4. The van der Waals surface area contributed by atoms with Crippen molar-refractivity contribution in [3.05, 3.63) is 98.0 Å². The number of aliphatic hydroxyl groups is 1. The maximum Gasteiger partial charge on any atom is 0.301 e. The molecule has 2 N–H and O–H groups in total. The van der Waals surface area contributed by atoms with E-state index >= 15 is 0 Å². The number of hydrogen-bond acceptors (Lipinski definition) is 9. The lowest BCUT2D eigenvalue weighted by Crippen LogP contribution is -2.29. The van der Waals surface area contributed by atoms with Crippen LogP contribution in [0.2, 0.25) is 15.1 Å². The van der Waals surface area contributed by atoms with Gasteiger partial charge in [0.05, 0.1) is 18.7 Å². The van der Waals surface area contributed by atoms with Gasteiger partial charge in [-0.15, -0.1) is 10.2 Å². The number of methoxy groups -OCH3 is 1. The molecule has 1 aliphatic heterocycles. The van der Waals surface area contributed by atoms with E-state index < -0.39 is 17.7 Å². The van der Waals surface area contributed by atoms with E-state index in [2.05, 4.69) is 10.2 Å². The molecule has 0 aliphatic carbocycles. The predicted octanol–water partition coefficient (Wildman–Crippen LogP) is 7.13. The van der Waals surface area contributed by atoms with Crippen LogP contribution < -0.4 is 9.64 Å². The van der Waals surface area contributed by atoms with Crippen LogP contribution in [0.1, 0.15) is 22.7 Å². The van der Waals surface area contributed by atoms with Crippen molar-refractivity contribution in [2.75, 3.05) is 12.0 Å². The molecule has 1 aliphatic rings. The highest BCUT2D eigenvalue weighted by Gasteiger charge is 2.48. The van der Waals surface area contributed by atoms with Gasteiger partial charge in [0, 0.05) is 26.4 Å². The van der Waals surface area contributed by atoms with Gasteiger partial charge in [-0.05, 0) is 59.7 Å². The van der Waals surface area contributed by atoms with Gasteiger partial charge in [-0.2, -0.15) is 0 Å². The topological polar surface area (TPSA) is 113 Å². The summed E-state index contributed by atoms with van der Waals surface area (Å²) in [5.74, 6) is -1.70. The monoisotopic (exact) mass is 633 g/mol. The Bertz CT molecular complexity index is 1660. The highest BCUT2D eigenvalue weighted by Crippen LogP contribution is 2.45. The minimum Gasteiger partial charge on any atom is -0.507 e. The average Bonchev–Trinajstić information content (AvgIpc) is 3.50. The van der Waals surface area contributed by atoms with Crippen LogP contribution in [0.3, 0.4) is 0 Å². The number of carbonyl (C=O) groups is 2. The van der Waals surface area contributed by atoms with Crippen molar-refractivity contribution in [3.8, 4) is 11.5 Å². The maximum absolute atomic E-state index is 13.4. The lowest BCUT2D eigenvalue weighted by Gasteiger charge is -2.23. The number of anilines is 1. The number of carbonyl (C=O) groups excluding carboxylic acids is 2. The number of benzene rings is 3. The molecular weight excluding hydrogens is 617 g/mol. The van der Waals surface area contributed by atoms with Crippen molar-refractivity contribution in [2.45, 2.75) is 16.1 Å². The van der Waals surface area contributed by atoms with Crippen LogP contribution in [0.25, 0.3) is 5.76 Å². The van der Waals surface area contributed by atoms with Crippen LogP contribution in [-0.2, 0) is 15.3 Å². The third-order valence-corrected chi connectivity index (χ3v) is 8.99. The summed E-state index contributed by atoms with van der Waals surface area (Å²) in [7, 11) is 1.38. The van der Waals surface area contributed by atoms with Gasteiger partial charge < -0.3 is 14.9 Å². The van der Waals surface area contributed by atoms with Crippen molar-refractivity contribution < 1.29 is 24.5 Å². The molecule has 4 aromatic rings. The average molecular weight is 635 g/mol. The summed E-state index contributed by atoms with van der Waals surface area (Å²) in [6.45, 7) is 0. The van der Waals surface area contributed by atoms with E-state index in [0.717, 1.165) is 16.9 Å². The SMILES string of the molecule is COc1cc(C2/C(=C(/O)c3ccc(Cl)cc3)C(=O)C(=O)N2c2nnc(SCc3ccc(Cl)cc3Cl)s2)ccc1O. The number of hydrogen-bond donors (Lipinski definition) is 2. The van der Waals surface area contributed by atoms with E-state index in [-0.39, 0.29) is 28.0 Å². The first-order valence-electron chi connectivity index (χ1n) is 11.5. The number of aliphatic hydroxyl groups excluding tert-OH is 1. The number of phenols is 1. The van der Waals surface area contributed by atoms with Crippen LogP contribution >= 0.6 is 57.9 Å². The number of Topliss-reactive ketones (excluding diaryl/α,β-unsaturated/α-hetero) is 1. The molecule has 0 radical (unpaired) electrons. The van der Waals surface area contributed by atoms with E-state index in [0.29, 0.717) is 36.3 Å². The van der Waals surface area contributed by atoms with Crippen molar-refractivity contribution >= 4 is 80.5 Å². The van der Waals surface area contributed by atoms with Gasteiger partial charge in [-0.3, -0.25) is 14.5 Å². The van der Waals surface area contributed by atoms with Crippen LogP contribution in [0.4, 0.5) is 5.13 Å². The molecule has 1 aromatic heterocycles. The zero-order valence-electron chi connectivity index (χ0n) is 20.5. The molecule has 1 unspecified atom stereocenters. The molecule has 3 aromatic carbocycles. The number of aromatic nitrogens is 2. The fraction of sp³-hybridized carbons (Fsp3) is 0.111. The van der Waals surface area contributed by atoms with Gasteiger partial charge in [-0.25, -0.2) is 0 Å². The number of rotatable bonds is 7. The Kier molecular flexibility index (Phi) is 8.25. The lowest BCUT2D eigenvalue weighted by molar-refractivity contribution is -0.132. The summed E-state index contributed by atoms with van der Waals surface area (Å²) in [4.78, 5) is 28.0. The molecule has 0 saturated carbocycles. The summed E-state index contributed by atoms with van der Waals surface area (Å²) in [6, 6.07) is 14.7.